The van der Waals surface area contributed by atoms with E-state index in [-0.39, 0.29) is 6.04 Å². The van der Waals surface area contributed by atoms with Gasteiger partial charge in [-0.15, -0.1) is 0 Å². The van der Waals surface area contributed by atoms with E-state index in [1.165, 1.54) is 22.3 Å². The predicted octanol–water partition coefficient (Wildman–Crippen LogP) is 14.1. The lowest BCUT2D eigenvalue weighted by atomic mass is 9.89. The molecular formula is C53H42N2. The Morgan fingerprint density at radius 2 is 0.945 bits per heavy atom. The van der Waals surface area contributed by atoms with Crippen molar-refractivity contribution in [2.45, 2.75) is 19.4 Å². The van der Waals surface area contributed by atoms with Crippen molar-refractivity contribution in [1.82, 2.24) is 4.98 Å². The lowest BCUT2D eigenvalue weighted by molar-refractivity contribution is 0.754. The van der Waals surface area contributed by atoms with Gasteiger partial charge < -0.3 is 0 Å². The normalized spacial score (nSPS) is 11.9. The van der Waals surface area contributed by atoms with Gasteiger partial charge in [0.25, 0.3) is 0 Å². The SMILES string of the molecule is C=C(CC(N=C(C)c1ccc(-c2ccccc2)cc1)c1ccc(-c2ccccc2)cc1)c1cc(-c2ccccc2)cc(-c2cccnc2-c2ccccc2)c1. The smallest absolute Gasteiger partial charge is 0.0792 e. The minimum absolute atomic E-state index is 0.145. The summed E-state index contributed by atoms with van der Waals surface area (Å²) < 4.78 is 0. The van der Waals surface area contributed by atoms with Crippen LogP contribution in [0.3, 0.4) is 0 Å². The highest BCUT2D eigenvalue weighted by Crippen LogP contribution is 2.38. The average Bonchev–Trinajstić information content (AvgIpc) is 3.27. The maximum Gasteiger partial charge on any atom is 0.0792 e. The van der Waals surface area contributed by atoms with Gasteiger partial charge in [-0.05, 0) is 98.8 Å². The highest BCUT2D eigenvalue weighted by molar-refractivity contribution is 5.99. The fraction of sp³-hybridized carbons (Fsp3) is 0.0566. The summed E-state index contributed by atoms with van der Waals surface area (Å²) >= 11 is 0. The van der Waals surface area contributed by atoms with Crippen molar-refractivity contribution in [3.05, 3.63) is 230 Å². The number of nitrogens with zero attached hydrogens (tertiary/aromatic N) is 2. The summed E-state index contributed by atoms with van der Waals surface area (Å²) in [6.07, 6.45) is 2.52. The maximum absolute atomic E-state index is 5.45. The minimum atomic E-state index is -0.145. The summed E-state index contributed by atoms with van der Waals surface area (Å²) in [5.74, 6) is 0. The fourth-order valence-electron chi connectivity index (χ4n) is 7.21. The van der Waals surface area contributed by atoms with Crippen LogP contribution in [-0.2, 0) is 0 Å². The Hall–Kier alpha value is -6.90. The molecule has 7 aromatic carbocycles. The molecule has 1 atom stereocenters. The minimum Gasteiger partial charge on any atom is -0.281 e. The van der Waals surface area contributed by atoms with E-state index in [4.69, 9.17) is 16.6 Å². The molecule has 264 valence electrons. The Labute approximate surface area is 324 Å². The number of benzene rings is 7. The zero-order valence-electron chi connectivity index (χ0n) is 31.0. The van der Waals surface area contributed by atoms with E-state index in [0.717, 1.165) is 61.5 Å². The Morgan fingerprint density at radius 3 is 1.51 bits per heavy atom. The lowest BCUT2D eigenvalue weighted by Crippen LogP contribution is -2.04. The van der Waals surface area contributed by atoms with Crippen molar-refractivity contribution in [3.63, 3.8) is 0 Å². The molecule has 8 aromatic rings. The third-order valence-corrected chi connectivity index (χ3v) is 10.2. The Balaban J connectivity index is 1.18. The quantitative estimate of drug-likeness (QED) is 0.123. The molecule has 0 aliphatic rings. The van der Waals surface area contributed by atoms with Gasteiger partial charge in [0, 0.05) is 23.0 Å². The van der Waals surface area contributed by atoms with Gasteiger partial charge in [-0.1, -0.05) is 183 Å². The fourth-order valence-corrected chi connectivity index (χ4v) is 7.21. The zero-order valence-corrected chi connectivity index (χ0v) is 31.0. The van der Waals surface area contributed by atoms with Crippen LogP contribution >= 0.6 is 0 Å². The van der Waals surface area contributed by atoms with Crippen molar-refractivity contribution >= 4 is 11.3 Å². The molecule has 0 aliphatic heterocycles. The Morgan fingerprint density at radius 1 is 0.473 bits per heavy atom. The molecule has 8 rings (SSSR count). The predicted molar refractivity (Wildman–Crippen MR) is 233 cm³/mol. The summed E-state index contributed by atoms with van der Waals surface area (Å²) in [5.41, 5.74) is 16.7. The van der Waals surface area contributed by atoms with Crippen LogP contribution in [0.5, 0.6) is 0 Å². The second-order valence-corrected chi connectivity index (χ2v) is 13.9. The summed E-state index contributed by atoms with van der Waals surface area (Å²) in [5, 5.41) is 0. The first-order valence-corrected chi connectivity index (χ1v) is 18.8. The number of pyridine rings is 1. The monoisotopic (exact) mass is 706 g/mol. The van der Waals surface area contributed by atoms with E-state index < -0.39 is 0 Å². The standard InChI is InChI=1S/C53H42N2/c1-38(48-35-49(43-20-11-5-12-21-43)37-50(36-48)51-24-15-33-54-53(51)47-22-13-6-14-23-47)34-52(46-31-29-45(30-32-46)42-18-9-4-10-19-42)55-39(2)40-25-27-44(28-26-40)41-16-7-3-8-17-41/h3-33,35-37,52H,1,34H2,2H3. The zero-order chi connectivity index (χ0) is 37.4. The molecule has 0 fully saturated rings. The summed E-state index contributed by atoms with van der Waals surface area (Å²) in [6, 6.07) is 70.5. The number of aliphatic imine (C=N–C) groups is 1. The van der Waals surface area contributed by atoms with Crippen LogP contribution in [0.15, 0.2) is 218 Å². The van der Waals surface area contributed by atoms with Gasteiger partial charge in [-0.3, -0.25) is 9.98 Å². The van der Waals surface area contributed by atoms with Crippen LogP contribution in [-0.4, -0.2) is 10.7 Å². The number of hydrogen-bond acceptors (Lipinski definition) is 2. The summed E-state index contributed by atoms with van der Waals surface area (Å²) in [7, 11) is 0. The van der Waals surface area contributed by atoms with Crippen LogP contribution in [0.1, 0.15) is 36.1 Å². The van der Waals surface area contributed by atoms with E-state index in [9.17, 15) is 0 Å². The molecule has 2 heteroatoms. The van der Waals surface area contributed by atoms with Gasteiger partial charge in [0.05, 0.1) is 11.7 Å². The van der Waals surface area contributed by atoms with Gasteiger partial charge in [0.1, 0.15) is 0 Å². The molecule has 0 radical (unpaired) electrons. The molecule has 1 unspecified atom stereocenters. The van der Waals surface area contributed by atoms with E-state index in [1.54, 1.807) is 0 Å². The van der Waals surface area contributed by atoms with Crippen LogP contribution in [0.25, 0.3) is 61.3 Å². The van der Waals surface area contributed by atoms with E-state index in [0.29, 0.717) is 6.42 Å². The highest BCUT2D eigenvalue weighted by Gasteiger charge is 2.18. The van der Waals surface area contributed by atoms with Gasteiger partial charge in [-0.2, -0.15) is 0 Å². The second-order valence-electron chi connectivity index (χ2n) is 13.9. The van der Waals surface area contributed by atoms with E-state index >= 15 is 0 Å². The van der Waals surface area contributed by atoms with Crippen molar-refractivity contribution in [2.75, 3.05) is 0 Å². The van der Waals surface area contributed by atoms with Crippen molar-refractivity contribution in [1.29, 1.82) is 0 Å². The first-order valence-electron chi connectivity index (χ1n) is 18.8. The molecule has 1 heterocycles. The molecule has 0 N–H and O–H groups in total. The maximum atomic E-state index is 5.45. The Kier molecular flexibility index (Phi) is 10.5. The third-order valence-electron chi connectivity index (χ3n) is 10.2. The lowest BCUT2D eigenvalue weighted by Gasteiger charge is -2.19. The van der Waals surface area contributed by atoms with Crippen LogP contribution in [0.2, 0.25) is 0 Å². The molecule has 0 saturated carbocycles. The van der Waals surface area contributed by atoms with E-state index in [2.05, 4.69) is 195 Å². The number of hydrogen-bond donors (Lipinski definition) is 0. The number of aromatic nitrogens is 1. The summed E-state index contributed by atoms with van der Waals surface area (Å²) in [6.45, 7) is 6.86. The molecule has 0 saturated heterocycles. The average molecular weight is 707 g/mol. The molecule has 55 heavy (non-hydrogen) atoms. The van der Waals surface area contributed by atoms with Crippen molar-refractivity contribution < 1.29 is 0 Å². The molecule has 1 aromatic heterocycles. The molecule has 0 amide bonds. The topological polar surface area (TPSA) is 25.2 Å². The first-order chi connectivity index (χ1) is 27.1. The molecule has 2 nitrogen and oxygen atoms in total. The molecule has 0 bridgehead atoms. The van der Waals surface area contributed by atoms with Crippen molar-refractivity contribution in [2.24, 2.45) is 4.99 Å². The Bertz CT molecular complexity index is 2540. The van der Waals surface area contributed by atoms with E-state index in [1.807, 2.05) is 18.3 Å². The third kappa shape index (κ3) is 8.20. The van der Waals surface area contributed by atoms with Gasteiger partial charge >= 0.3 is 0 Å². The first kappa shape index (κ1) is 35.1. The van der Waals surface area contributed by atoms with Crippen LogP contribution in [0.4, 0.5) is 0 Å². The van der Waals surface area contributed by atoms with Gasteiger partial charge in [-0.25, -0.2) is 0 Å². The highest BCUT2D eigenvalue weighted by atomic mass is 14.8. The van der Waals surface area contributed by atoms with Crippen LogP contribution in [0, 0.1) is 0 Å². The number of rotatable bonds is 11. The largest absolute Gasteiger partial charge is 0.281 e. The van der Waals surface area contributed by atoms with Crippen molar-refractivity contribution in [3.8, 4) is 55.8 Å². The van der Waals surface area contributed by atoms with Gasteiger partial charge in [0.2, 0.25) is 0 Å². The molecule has 0 spiro atoms. The molecule has 0 aliphatic carbocycles. The summed E-state index contributed by atoms with van der Waals surface area (Å²) in [4.78, 5) is 10.3. The molecular weight excluding hydrogens is 665 g/mol. The van der Waals surface area contributed by atoms with Crippen LogP contribution < -0.4 is 0 Å². The van der Waals surface area contributed by atoms with Gasteiger partial charge in [0.15, 0.2) is 0 Å². The second kappa shape index (κ2) is 16.4.